The number of Topliss-reactive ketones (excluding diaryl/α,β-unsaturated/α-hetero) is 1. The summed E-state index contributed by atoms with van der Waals surface area (Å²) in [5.41, 5.74) is 1.95. The number of esters is 1. The van der Waals surface area contributed by atoms with Crippen molar-refractivity contribution in [2.75, 3.05) is 38.3 Å². The van der Waals surface area contributed by atoms with Gasteiger partial charge in [0.1, 0.15) is 29.7 Å². The fourth-order valence-corrected chi connectivity index (χ4v) is 7.66. The number of epoxide rings is 1. The summed E-state index contributed by atoms with van der Waals surface area (Å²) in [6.45, 7) is 12.7. The van der Waals surface area contributed by atoms with Gasteiger partial charge in [0, 0.05) is 38.1 Å². The lowest BCUT2D eigenvalue weighted by atomic mass is 9.87. The molecule has 3 N–H and O–H groups in total. The number of ketones is 1. The highest BCUT2D eigenvalue weighted by Crippen LogP contribution is 2.43. The number of aliphatic hydroxyl groups excluding tert-OH is 1. The Kier molecular flexibility index (Phi) is 19.3. The zero-order valence-corrected chi connectivity index (χ0v) is 36.6. The number of thioether (sulfide) groups is 1. The van der Waals surface area contributed by atoms with Crippen LogP contribution in [0, 0.1) is 5.92 Å². The monoisotopic (exact) mass is 839 g/mol. The van der Waals surface area contributed by atoms with E-state index in [1.54, 1.807) is 13.0 Å². The number of allylic oxidation sites excluding steroid dienone is 2. The normalized spacial score (nSPS) is 27.8. The number of nitrogens with one attached hydrogen (secondary N) is 2. The molecule has 0 unspecified atom stereocenters. The fraction of sp³-hybridized carbons (Fsp3) is 0.622. The van der Waals surface area contributed by atoms with Crippen LogP contribution in [0.4, 0.5) is 0 Å². The maximum absolute atomic E-state index is 13.1. The second-order valence-electron chi connectivity index (χ2n) is 16.0. The first kappa shape index (κ1) is 47.9. The van der Waals surface area contributed by atoms with Gasteiger partial charge in [-0.1, -0.05) is 30.7 Å². The van der Waals surface area contributed by atoms with E-state index in [4.69, 9.17) is 23.7 Å². The number of rotatable bonds is 22. The summed E-state index contributed by atoms with van der Waals surface area (Å²) in [6.07, 6.45) is 13.0. The molecule has 1 aromatic rings. The largest absolute Gasteiger partial charge is 0.494 e. The third kappa shape index (κ3) is 16.3. The highest BCUT2D eigenvalue weighted by atomic mass is 32.2. The quantitative estimate of drug-likeness (QED) is 0.0338. The van der Waals surface area contributed by atoms with Crippen molar-refractivity contribution in [2.45, 2.75) is 135 Å². The van der Waals surface area contributed by atoms with Crippen LogP contribution in [0.25, 0.3) is 0 Å². The molecule has 13 nitrogen and oxygen atoms in total. The molecule has 0 saturated carbocycles. The van der Waals surface area contributed by atoms with Gasteiger partial charge in [-0.05, 0) is 108 Å². The zero-order valence-electron chi connectivity index (χ0n) is 35.8. The number of nitrogens with zero attached hydrogens (tertiary/aromatic N) is 1. The van der Waals surface area contributed by atoms with Crippen LogP contribution in [0.2, 0.25) is 0 Å². The van der Waals surface area contributed by atoms with Crippen LogP contribution in [-0.4, -0.2) is 121 Å². The second-order valence-corrected chi connectivity index (χ2v) is 16.9. The molecule has 326 valence electrons. The van der Waals surface area contributed by atoms with Gasteiger partial charge < -0.3 is 39.4 Å². The molecule has 3 heterocycles. The summed E-state index contributed by atoms with van der Waals surface area (Å²) in [5.74, 6) is 0.822. The van der Waals surface area contributed by atoms with Crippen molar-refractivity contribution in [2.24, 2.45) is 10.9 Å². The van der Waals surface area contributed by atoms with Gasteiger partial charge in [0.2, 0.25) is 11.8 Å². The molecular formula is C45H65N3O10S. The van der Waals surface area contributed by atoms with Crippen LogP contribution in [0.3, 0.4) is 0 Å². The third-order valence-corrected chi connectivity index (χ3v) is 11.4. The Morgan fingerprint density at radius 1 is 1.07 bits per heavy atom. The number of aliphatic hydroxyl groups is 1. The molecule has 3 aliphatic heterocycles. The van der Waals surface area contributed by atoms with Crippen LogP contribution in [0.1, 0.15) is 92.1 Å². The first-order valence-electron chi connectivity index (χ1n) is 20.8. The molecule has 0 aromatic heterocycles. The number of aliphatic imine (C=N–C) groups is 1. The van der Waals surface area contributed by atoms with Gasteiger partial charge in [0.25, 0.3) is 0 Å². The maximum Gasteiger partial charge on any atom is 0.303 e. The Morgan fingerprint density at radius 3 is 2.51 bits per heavy atom. The predicted molar refractivity (Wildman–Crippen MR) is 230 cm³/mol. The van der Waals surface area contributed by atoms with E-state index in [2.05, 4.69) is 28.6 Å². The first-order valence-corrected chi connectivity index (χ1v) is 22.2. The molecule has 0 aliphatic carbocycles. The molecule has 3 aliphatic rings. The van der Waals surface area contributed by atoms with Crippen LogP contribution in [0.15, 0.2) is 65.2 Å². The van der Waals surface area contributed by atoms with E-state index in [-0.39, 0.29) is 54.7 Å². The first-order chi connectivity index (χ1) is 28.2. The molecule has 59 heavy (non-hydrogen) atoms. The van der Waals surface area contributed by atoms with Gasteiger partial charge in [-0.2, -0.15) is 11.8 Å². The van der Waals surface area contributed by atoms with Crippen molar-refractivity contribution >= 4 is 41.0 Å². The molecular weight excluding hydrogens is 775 g/mol. The summed E-state index contributed by atoms with van der Waals surface area (Å²) in [4.78, 5) is 52.8. The molecule has 0 bridgehead atoms. The number of ether oxygens (including phenoxy) is 5. The van der Waals surface area contributed by atoms with Crippen LogP contribution in [0.5, 0.6) is 5.75 Å². The average Bonchev–Trinajstić information content (AvgIpc) is 3.97. The third-order valence-electron chi connectivity index (χ3n) is 10.8. The molecule has 4 rings (SSSR count). The minimum absolute atomic E-state index is 0.0284. The summed E-state index contributed by atoms with van der Waals surface area (Å²) in [5, 5.41) is 17.0. The maximum atomic E-state index is 13.1. The van der Waals surface area contributed by atoms with Crippen LogP contribution >= 0.6 is 11.8 Å². The zero-order chi connectivity index (χ0) is 43.0. The Morgan fingerprint density at radius 2 is 1.81 bits per heavy atom. The van der Waals surface area contributed by atoms with Gasteiger partial charge in [-0.3, -0.25) is 24.2 Å². The van der Waals surface area contributed by atoms with Crippen LogP contribution in [-0.2, 0) is 38.1 Å². The molecule has 0 radical (unpaired) electrons. The molecule has 9 atom stereocenters. The minimum Gasteiger partial charge on any atom is -0.494 e. The Labute approximate surface area is 354 Å². The number of hydrogen-bond acceptors (Lipinski definition) is 12. The summed E-state index contributed by atoms with van der Waals surface area (Å²) < 4.78 is 29.2. The fourth-order valence-electron chi connectivity index (χ4n) is 7.30. The number of hydrogen-bond donors (Lipinski definition) is 3. The average molecular weight is 840 g/mol. The number of unbranched alkanes of at least 4 members (excludes halogenated alkanes) is 2. The van der Waals surface area contributed by atoms with E-state index >= 15 is 0 Å². The lowest BCUT2D eigenvalue weighted by Crippen LogP contribution is -2.50. The van der Waals surface area contributed by atoms with E-state index in [1.165, 1.54) is 24.8 Å². The van der Waals surface area contributed by atoms with Crippen molar-refractivity contribution in [3.8, 4) is 5.75 Å². The van der Waals surface area contributed by atoms with E-state index < -0.39 is 36.0 Å². The number of benzene rings is 1. The van der Waals surface area contributed by atoms with Crippen molar-refractivity contribution in [1.82, 2.24) is 10.6 Å². The van der Waals surface area contributed by atoms with E-state index in [1.807, 2.05) is 63.4 Å². The van der Waals surface area contributed by atoms with Crippen molar-refractivity contribution < 1.29 is 48.0 Å². The molecule has 3 saturated heterocycles. The highest BCUT2D eigenvalue weighted by molar-refractivity contribution is 7.99. The summed E-state index contributed by atoms with van der Waals surface area (Å²) >= 11 is 1.51. The Balaban J connectivity index is 1.19. The Bertz CT molecular complexity index is 1670. The lowest BCUT2D eigenvalue weighted by molar-refractivity contribution is -0.144. The molecule has 1 spiro atoms. The molecule has 14 heteroatoms. The summed E-state index contributed by atoms with van der Waals surface area (Å²) in [7, 11) is 0. The van der Waals surface area contributed by atoms with Crippen molar-refractivity contribution in [3.05, 3.63) is 65.8 Å². The molecule has 1 aromatic carbocycles. The number of carbonyl (C=O) groups excluding carboxylic acids is 4. The number of carbonyl (C=O) groups is 4. The van der Waals surface area contributed by atoms with Gasteiger partial charge in [-0.15, -0.1) is 0 Å². The molecule has 3 fully saturated rings. The van der Waals surface area contributed by atoms with E-state index in [0.29, 0.717) is 38.4 Å². The number of amides is 2. The van der Waals surface area contributed by atoms with Gasteiger partial charge in [0.05, 0.1) is 49.9 Å². The van der Waals surface area contributed by atoms with E-state index in [0.717, 1.165) is 48.3 Å². The van der Waals surface area contributed by atoms with E-state index in [9.17, 15) is 24.3 Å². The predicted octanol–water partition coefficient (Wildman–Crippen LogP) is 5.47. The van der Waals surface area contributed by atoms with Gasteiger partial charge in [-0.25, -0.2) is 0 Å². The Hall–Kier alpha value is -3.82. The lowest BCUT2D eigenvalue weighted by Gasteiger charge is -2.39. The second kappa shape index (κ2) is 23.8. The standard InChI is InChI=1S/C45H65N3O10S/c1-29(11-18-40-30(2)23-39(33(5)57-40)48-42(51)20-13-31(3)56-34(6)49)12-19-41-44(53)45(28-55-45)25-38(58-41)24-36(50)26-47-32(4)35-14-16-37(17-15-35)54-22-10-8-9-21-46-43(52)27-59-7/h11-17,19-20,30-31,33,38-41,44,53H,8-10,18,21-28H2,1-7H3,(H,46,52)(H,48,51)/b19-12+,20-13-,29-11+,47-32?/t30-,31-,33+,38+,39+,40-,41+,44+,45+/m0/s1. The van der Waals surface area contributed by atoms with Crippen LogP contribution < -0.4 is 15.4 Å². The van der Waals surface area contributed by atoms with Crippen molar-refractivity contribution in [3.63, 3.8) is 0 Å². The highest BCUT2D eigenvalue weighted by Gasteiger charge is 2.58. The van der Waals surface area contributed by atoms with Gasteiger partial charge in [0.15, 0.2) is 5.78 Å². The minimum atomic E-state index is -0.844. The van der Waals surface area contributed by atoms with Crippen molar-refractivity contribution in [1.29, 1.82) is 0 Å². The van der Waals surface area contributed by atoms with Gasteiger partial charge >= 0.3 is 5.97 Å². The summed E-state index contributed by atoms with van der Waals surface area (Å²) in [6, 6.07) is 7.54. The smallest absolute Gasteiger partial charge is 0.303 e. The molecule has 2 amide bonds. The SMILES string of the molecule is CSCC(=O)NCCCCCOc1ccc(C(C)=NCC(=O)C[C@@H]2C[C@@]3(CO3)[C@H](O)[C@@H](/C=C/C(C)=C/C[C@@H]3O[C@H](C)[C@H](NC(=O)/C=C\[C@H](C)OC(C)=O)C[C@@H]3C)O2)cc1. The topological polar surface area (TPSA) is 174 Å².